The number of thiazole rings is 1. The second-order valence-corrected chi connectivity index (χ2v) is 6.88. The van der Waals surface area contributed by atoms with E-state index in [1.54, 1.807) is 17.4 Å². The number of thioether (sulfide) groups is 1. The van der Waals surface area contributed by atoms with Crippen molar-refractivity contribution in [2.45, 2.75) is 44.2 Å². The van der Waals surface area contributed by atoms with E-state index in [1.807, 2.05) is 13.0 Å². The number of alkyl halides is 2. The number of nitrogens with zero attached hydrogens (tertiary/aromatic N) is 1. The molecule has 0 atom stereocenters. The molecule has 0 aromatic carbocycles. The van der Waals surface area contributed by atoms with Gasteiger partial charge >= 0.3 is 0 Å². The highest BCUT2D eigenvalue weighted by Crippen LogP contribution is 2.21. The number of rotatable bonds is 10. The van der Waals surface area contributed by atoms with Crippen LogP contribution < -0.4 is 5.32 Å². The molecule has 22 heavy (non-hydrogen) atoms. The molecule has 0 saturated heterocycles. The first-order chi connectivity index (χ1) is 10.6. The highest BCUT2D eigenvalue weighted by molar-refractivity contribution is 7.98. The van der Waals surface area contributed by atoms with Gasteiger partial charge in [-0.2, -0.15) is 8.78 Å². The number of unbranched alkanes of at least 4 members (excludes halogenated alkanes) is 1. The molecule has 0 amide bonds. The molecule has 2 rings (SSSR count). The SMILES string of the molecule is Cc1csc(CCCCNCc2ccc(CSC(F)F)o2)n1. The summed E-state index contributed by atoms with van der Waals surface area (Å²) in [6.45, 7) is 3.56. The van der Waals surface area contributed by atoms with Gasteiger partial charge in [0.15, 0.2) is 0 Å². The molecular weight excluding hydrogens is 326 g/mol. The Morgan fingerprint density at radius 3 is 2.86 bits per heavy atom. The molecule has 2 aromatic heterocycles. The van der Waals surface area contributed by atoms with Crippen molar-refractivity contribution in [2.24, 2.45) is 0 Å². The van der Waals surface area contributed by atoms with E-state index in [-0.39, 0.29) is 5.75 Å². The molecule has 0 unspecified atom stereocenters. The molecule has 7 heteroatoms. The van der Waals surface area contributed by atoms with Crippen molar-refractivity contribution in [1.82, 2.24) is 10.3 Å². The molecule has 0 radical (unpaired) electrons. The summed E-state index contributed by atoms with van der Waals surface area (Å²) in [6.07, 6.45) is 3.21. The Hall–Kier alpha value is -0.920. The summed E-state index contributed by atoms with van der Waals surface area (Å²) in [5.41, 5.74) is 1.09. The topological polar surface area (TPSA) is 38.1 Å². The van der Waals surface area contributed by atoms with E-state index in [0.717, 1.165) is 37.3 Å². The van der Waals surface area contributed by atoms with Gasteiger partial charge in [0, 0.05) is 11.1 Å². The normalized spacial score (nSPS) is 11.5. The standard InChI is InChI=1S/C15H20F2N2OS2/c1-11-9-21-14(19-11)4-2-3-7-18-8-12-5-6-13(20-12)10-22-15(16)17/h5-6,9,15,18H,2-4,7-8,10H2,1H3. The average Bonchev–Trinajstić information content (AvgIpc) is 3.09. The van der Waals surface area contributed by atoms with Gasteiger partial charge in [-0.05, 0) is 44.9 Å². The Kier molecular flexibility index (Phi) is 7.35. The Labute approximate surface area is 137 Å². The van der Waals surface area contributed by atoms with Gasteiger partial charge in [0.25, 0.3) is 5.76 Å². The molecule has 0 bridgehead atoms. The molecule has 2 heterocycles. The summed E-state index contributed by atoms with van der Waals surface area (Å²) >= 11 is 2.30. The third kappa shape index (κ3) is 6.46. The van der Waals surface area contributed by atoms with Gasteiger partial charge in [-0.3, -0.25) is 0 Å². The van der Waals surface area contributed by atoms with Crippen LogP contribution in [0.1, 0.15) is 35.1 Å². The first-order valence-electron chi connectivity index (χ1n) is 7.22. The number of furan rings is 1. The zero-order chi connectivity index (χ0) is 15.8. The molecular formula is C15H20F2N2OS2. The first kappa shape index (κ1) is 17.4. The van der Waals surface area contributed by atoms with Crippen LogP contribution in [0, 0.1) is 6.92 Å². The largest absolute Gasteiger partial charge is 0.464 e. The molecule has 2 aromatic rings. The van der Waals surface area contributed by atoms with Crippen LogP contribution in [-0.4, -0.2) is 17.3 Å². The van der Waals surface area contributed by atoms with Crippen molar-refractivity contribution in [3.8, 4) is 0 Å². The number of aromatic nitrogens is 1. The van der Waals surface area contributed by atoms with Crippen molar-refractivity contribution in [2.75, 3.05) is 6.54 Å². The summed E-state index contributed by atoms with van der Waals surface area (Å²) in [4.78, 5) is 4.44. The number of halogens is 2. The predicted octanol–water partition coefficient (Wildman–Crippen LogP) is 4.61. The Bertz CT molecular complexity index is 557. The van der Waals surface area contributed by atoms with Crippen molar-refractivity contribution < 1.29 is 13.2 Å². The van der Waals surface area contributed by atoms with Crippen LogP contribution in [0.2, 0.25) is 0 Å². The minimum atomic E-state index is -2.35. The summed E-state index contributed by atoms with van der Waals surface area (Å²) in [6, 6.07) is 3.60. The lowest BCUT2D eigenvalue weighted by Crippen LogP contribution is -2.14. The fraction of sp³-hybridized carbons (Fsp3) is 0.533. The summed E-state index contributed by atoms with van der Waals surface area (Å²) < 4.78 is 29.6. The zero-order valence-corrected chi connectivity index (χ0v) is 14.1. The van der Waals surface area contributed by atoms with Gasteiger partial charge in [0.05, 0.1) is 17.3 Å². The lowest BCUT2D eigenvalue weighted by atomic mass is 10.2. The van der Waals surface area contributed by atoms with Crippen molar-refractivity contribution in [3.63, 3.8) is 0 Å². The van der Waals surface area contributed by atoms with Crippen LogP contribution in [0.5, 0.6) is 0 Å². The quantitative estimate of drug-likeness (QED) is 0.638. The number of aryl methyl sites for hydroxylation is 2. The maximum atomic E-state index is 12.1. The van der Waals surface area contributed by atoms with Gasteiger partial charge < -0.3 is 9.73 Å². The smallest absolute Gasteiger partial charge is 0.284 e. The van der Waals surface area contributed by atoms with E-state index in [1.165, 1.54) is 5.01 Å². The molecule has 3 nitrogen and oxygen atoms in total. The fourth-order valence-corrected chi connectivity index (χ4v) is 3.26. The molecule has 0 fully saturated rings. The first-order valence-corrected chi connectivity index (χ1v) is 9.15. The minimum Gasteiger partial charge on any atom is -0.464 e. The fourth-order valence-electron chi connectivity index (χ4n) is 2.00. The number of hydrogen-bond acceptors (Lipinski definition) is 5. The van der Waals surface area contributed by atoms with Crippen LogP contribution in [0.25, 0.3) is 0 Å². The molecule has 122 valence electrons. The molecule has 0 saturated carbocycles. The van der Waals surface area contributed by atoms with Crippen LogP contribution in [-0.2, 0) is 18.7 Å². The summed E-state index contributed by atoms with van der Waals surface area (Å²) in [5.74, 6) is -0.750. The minimum absolute atomic E-state index is 0.213. The van der Waals surface area contributed by atoms with Crippen molar-refractivity contribution >= 4 is 23.1 Å². The van der Waals surface area contributed by atoms with Gasteiger partial charge in [-0.15, -0.1) is 11.3 Å². The van der Waals surface area contributed by atoms with Gasteiger partial charge in [0.2, 0.25) is 0 Å². The maximum Gasteiger partial charge on any atom is 0.284 e. The molecule has 1 N–H and O–H groups in total. The molecule has 0 aliphatic heterocycles. The van der Waals surface area contributed by atoms with E-state index < -0.39 is 5.76 Å². The van der Waals surface area contributed by atoms with Gasteiger partial charge in [0.1, 0.15) is 11.5 Å². The average molecular weight is 346 g/mol. The third-order valence-corrected chi connectivity index (χ3v) is 4.76. The Morgan fingerprint density at radius 1 is 1.32 bits per heavy atom. The Balaban J connectivity index is 1.55. The van der Waals surface area contributed by atoms with E-state index in [0.29, 0.717) is 24.1 Å². The second-order valence-electron chi connectivity index (χ2n) is 4.96. The highest BCUT2D eigenvalue weighted by atomic mass is 32.2. The monoisotopic (exact) mass is 346 g/mol. The van der Waals surface area contributed by atoms with E-state index in [4.69, 9.17) is 4.42 Å². The second kappa shape index (κ2) is 9.27. The molecule has 0 aliphatic carbocycles. The van der Waals surface area contributed by atoms with Crippen LogP contribution in [0.4, 0.5) is 8.78 Å². The lowest BCUT2D eigenvalue weighted by Gasteiger charge is -2.02. The lowest BCUT2D eigenvalue weighted by molar-refractivity contribution is 0.251. The van der Waals surface area contributed by atoms with Crippen LogP contribution in [0.15, 0.2) is 21.9 Å². The number of hydrogen-bond donors (Lipinski definition) is 1. The molecule has 0 spiro atoms. The van der Waals surface area contributed by atoms with Crippen LogP contribution >= 0.6 is 23.1 Å². The van der Waals surface area contributed by atoms with Gasteiger partial charge in [-0.1, -0.05) is 11.8 Å². The number of nitrogens with one attached hydrogen (secondary N) is 1. The van der Waals surface area contributed by atoms with Crippen molar-refractivity contribution in [3.05, 3.63) is 39.7 Å². The van der Waals surface area contributed by atoms with E-state index in [9.17, 15) is 8.78 Å². The van der Waals surface area contributed by atoms with E-state index >= 15 is 0 Å². The summed E-state index contributed by atoms with van der Waals surface area (Å²) in [5, 5.41) is 6.58. The van der Waals surface area contributed by atoms with Crippen LogP contribution in [0.3, 0.4) is 0 Å². The van der Waals surface area contributed by atoms with Crippen molar-refractivity contribution in [1.29, 1.82) is 0 Å². The van der Waals surface area contributed by atoms with E-state index in [2.05, 4.69) is 15.7 Å². The molecule has 0 aliphatic rings. The van der Waals surface area contributed by atoms with Gasteiger partial charge in [-0.25, -0.2) is 4.98 Å². The predicted molar refractivity (Wildman–Crippen MR) is 87.5 cm³/mol. The maximum absolute atomic E-state index is 12.1. The highest BCUT2D eigenvalue weighted by Gasteiger charge is 2.07. The zero-order valence-electron chi connectivity index (χ0n) is 12.5. The third-order valence-electron chi connectivity index (χ3n) is 3.03. The Morgan fingerprint density at radius 2 is 2.14 bits per heavy atom. The summed E-state index contributed by atoms with van der Waals surface area (Å²) in [7, 11) is 0.